The Morgan fingerprint density at radius 2 is 2.06 bits per heavy atom. The summed E-state index contributed by atoms with van der Waals surface area (Å²) in [6.45, 7) is 5.04. The topological polar surface area (TPSA) is 39.1 Å². The second kappa shape index (κ2) is 5.51. The summed E-state index contributed by atoms with van der Waals surface area (Å²) in [7, 11) is 0. The molecule has 1 heterocycles. The van der Waals surface area contributed by atoms with Crippen LogP contribution in [0.25, 0.3) is 0 Å². The summed E-state index contributed by atoms with van der Waals surface area (Å²) in [6, 6.07) is 1.80. The molecule has 0 atom stereocenters. The molecule has 2 rings (SSSR count). The van der Waals surface area contributed by atoms with Crippen LogP contribution in [0.5, 0.6) is 0 Å². The minimum absolute atomic E-state index is 0.105. The van der Waals surface area contributed by atoms with Gasteiger partial charge in [0.1, 0.15) is 0 Å². The highest BCUT2D eigenvalue weighted by Crippen LogP contribution is 2.21. The van der Waals surface area contributed by atoms with Gasteiger partial charge in [0.15, 0.2) is 6.29 Å². The Morgan fingerprint density at radius 1 is 1.33 bits per heavy atom. The number of aryl methyl sites for hydroxylation is 1. The van der Waals surface area contributed by atoms with Crippen LogP contribution in [0, 0.1) is 5.92 Å². The minimum atomic E-state index is -0.105. The van der Waals surface area contributed by atoms with E-state index in [0.717, 1.165) is 44.3 Å². The second-order valence-electron chi connectivity index (χ2n) is 5.54. The van der Waals surface area contributed by atoms with Crippen LogP contribution >= 0.6 is 0 Å². The van der Waals surface area contributed by atoms with Gasteiger partial charge in [0.2, 0.25) is 0 Å². The first-order valence-corrected chi connectivity index (χ1v) is 6.84. The van der Waals surface area contributed by atoms with Crippen molar-refractivity contribution in [1.82, 2.24) is 4.57 Å². The van der Waals surface area contributed by atoms with Crippen LogP contribution in [0.4, 0.5) is 0 Å². The molecule has 0 spiro atoms. The predicted octanol–water partition coefficient (Wildman–Crippen LogP) is 2.59. The molecule has 1 aromatic heterocycles. The third kappa shape index (κ3) is 2.55. The third-order valence-electron chi connectivity index (χ3n) is 3.69. The maximum Gasteiger partial charge on any atom is 0.261 e. The molecule has 0 saturated carbocycles. The maximum absolute atomic E-state index is 12.2. The number of aldehydes is 1. The monoisotopic (exact) mass is 247 g/mol. The SMILES string of the molecule is CC(C)CCn1c2c(cc(C=O)c1=O)CCCC2. The van der Waals surface area contributed by atoms with Gasteiger partial charge in [-0.15, -0.1) is 0 Å². The van der Waals surface area contributed by atoms with Crippen LogP contribution in [0.15, 0.2) is 10.9 Å². The Balaban J connectivity index is 2.46. The minimum Gasteiger partial charge on any atom is -0.312 e. The molecule has 0 radical (unpaired) electrons. The van der Waals surface area contributed by atoms with Crippen molar-refractivity contribution >= 4 is 6.29 Å². The molecule has 0 N–H and O–H groups in total. The molecular formula is C15H21NO2. The van der Waals surface area contributed by atoms with E-state index >= 15 is 0 Å². The largest absolute Gasteiger partial charge is 0.312 e. The molecule has 0 saturated heterocycles. The number of carbonyl (C=O) groups is 1. The van der Waals surface area contributed by atoms with E-state index in [1.165, 1.54) is 5.56 Å². The normalized spacial score (nSPS) is 14.6. The zero-order chi connectivity index (χ0) is 13.1. The summed E-state index contributed by atoms with van der Waals surface area (Å²) in [5.41, 5.74) is 2.58. The molecule has 3 nitrogen and oxygen atoms in total. The molecule has 1 aliphatic carbocycles. The van der Waals surface area contributed by atoms with Crippen LogP contribution in [0.2, 0.25) is 0 Å². The number of fused-ring (bicyclic) bond motifs is 1. The lowest BCUT2D eigenvalue weighted by Crippen LogP contribution is -2.30. The molecule has 0 unspecified atom stereocenters. The Bertz CT molecular complexity index is 500. The number of nitrogens with zero attached hydrogens (tertiary/aromatic N) is 1. The van der Waals surface area contributed by atoms with E-state index in [4.69, 9.17) is 0 Å². The standard InChI is InChI=1S/C15H21NO2/c1-11(2)7-8-16-14-6-4-3-5-12(14)9-13(10-17)15(16)18/h9-11H,3-8H2,1-2H3. The third-order valence-corrected chi connectivity index (χ3v) is 3.69. The van der Waals surface area contributed by atoms with Crippen molar-refractivity contribution in [2.45, 2.75) is 52.5 Å². The Labute approximate surface area is 108 Å². The van der Waals surface area contributed by atoms with Gasteiger partial charge < -0.3 is 4.57 Å². The van der Waals surface area contributed by atoms with E-state index < -0.39 is 0 Å². The van der Waals surface area contributed by atoms with E-state index in [1.807, 2.05) is 4.57 Å². The summed E-state index contributed by atoms with van der Waals surface area (Å²) in [6.07, 6.45) is 5.96. The molecular weight excluding hydrogens is 226 g/mol. The Morgan fingerprint density at radius 3 is 2.72 bits per heavy atom. The van der Waals surface area contributed by atoms with Crippen molar-refractivity contribution in [2.24, 2.45) is 5.92 Å². The van der Waals surface area contributed by atoms with Crippen molar-refractivity contribution in [2.75, 3.05) is 0 Å². The van der Waals surface area contributed by atoms with Gasteiger partial charge in [0, 0.05) is 12.2 Å². The van der Waals surface area contributed by atoms with E-state index in [1.54, 1.807) is 6.07 Å². The molecule has 1 aliphatic rings. The lowest BCUT2D eigenvalue weighted by molar-refractivity contribution is 0.112. The average Bonchev–Trinajstić information content (AvgIpc) is 2.36. The number of carbonyl (C=O) groups excluding carboxylic acids is 1. The van der Waals surface area contributed by atoms with Gasteiger partial charge in [-0.25, -0.2) is 0 Å². The van der Waals surface area contributed by atoms with Crippen LogP contribution in [-0.4, -0.2) is 10.9 Å². The van der Waals surface area contributed by atoms with E-state index in [0.29, 0.717) is 17.8 Å². The first kappa shape index (κ1) is 13.1. The first-order chi connectivity index (χ1) is 8.63. The van der Waals surface area contributed by atoms with E-state index in [-0.39, 0.29) is 5.56 Å². The van der Waals surface area contributed by atoms with Crippen molar-refractivity contribution in [3.8, 4) is 0 Å². The average molecular weight is 247 g/mol. The summed E-state index contributed by atoms with van der Waals surface area (Å²) >= 11 is 0. The van der Waals surface area contributed by atoms with Crippen LogP contribution in [0.3, 0.4) is 0 Å². The van der Waals surface area contributed by atoms with Crippen molar-refractivity contribution < 1.29 is 4.79 Å². The fourth-order valence-corrected chi connectivity index (χ4v) is 2.61. The quantitative estimate of drug-likeness (QED) is 0.767. The highest BCUT2D eigenvalue weighted by molar-refractivity contribution is 5.74. The van der Waals surface area contributed by atoms with Crippen molar-refractivity contribution in [3.05, 3.63) is 33.2 Å². The zero-order valence-corrected chi connectivity index (χ0v) is 11.2. The molecule has 18 heavy (non-hydrogen) atoms. The summed E-state index contributed by atoms with van der Waals surface area (Å²) in [5.74, 6) is 0.566. The molecule has 3 heteroatoms. The fraction of sp³-hybridized carbons (Fsp3) is 0.600. The van der Waals surface area contributed by atoms with Gasteiger partial charge in [-0.2, -0.15) is 0 Å². The number of aromatic nitrogens is 1. The van der Waals surface area contributed by atoms with Gasteiger partial charge in [0.05, 0.1) is 5.56 Å². The van der Waals surface area contributed by atoms with Gasteiger partial charge in [-0.05, 0) is 49.7 Å². The summed E-state index contributed by atoms with van der Waals surface area (Å²) < 4.78 is 1.85. The number of pyridine rings is 1. The number of rotatable bonds is 4. The van der Waals surface area contributed by atoms with Gasteiger partial charge in [-0.1, -0.05) is 13.8 Å². The van der Waals surface area contributed by atoms with Crippen molar-refractivity contribution in [3.63, 3.8) is 0 Å². The maximum atomic E-state index is 12.2. The predicted molar refractivity (Wildman–Crippen MR) is 72.2 cm³/mol. The van der Waals surface area contributed by atoms with Crippen LogP contribution < -0.4 is 5.56 Å². The van der Waals surface area contributed by atoms with Crippen LogP contribution in [-0.2, 0) is 19.4 Å². The zero-order valence-electron chi connectivity index (χ0n) is 11.2. The Kier molecular flexibility index (Phi) is 4.00. The van der Waals surface area contributed by atoms with Gasteiger partial charge >= 0.3 is 0 Å². The lowest BCUT2D eigenvalue weighted by Gasteiger charge is -2.22. The molecule has 0 amide bonds. The smallest absolute Gasteiger partial charge is 0.261 e. The number of hydrogen-bond acceptors (Lipinski definition) is 2. The van der Waals surface area contributed by atoms with Crippen molar-refractivity contribution in [1.29, 1.82) is 0 Å². The molecule has 0 bridgehead atoms. The van der Waals surface area contributed by atoms with E-state index in [9.17, 15) is 9.59 Å². The van der Waals surface area contributed by atoms with E-state index in [2.05, 4.69) is 13.8 Å². The lowest BCUT2D eigenvalue weighted by atomic mass is 9.94. The molecule has 0 aliphatic heterocycles. The van der Waals surface area contributed by atoms with Gasteiger partial charge in [-0.3, -0.25) is 9.59 Å². The first-order valence-electron chi connectivity index (χ1n) is 6.84. The Hall–Kier alpha value is -1.38. The second-order valence-corrected chi connectivity index (χ2v) is 5.54. The van der Waals surface area contributed by atoms with Gasteiger partial charge in [0.25, 0.3) is 5.56 Å². The van der Waals surface area contributed by atoms with Crippen LogP contribution in [0.1, 0.15) is 54.7 Å². The summed E-state index contributed by atoms with van der Waals surface area (Å²) in [4.78, 5) is 23.2. The molecule has 0 aromatic carbocycles. The number of hydrogen-bond donors (Lipinski definition) is 0. The highest BCUT2D eigenvalue weighted by atomic mass is 16.1. The highest BCUT2D eigenvalue weighted by Gasteiger charge is 2.17. The fourth-order valence-electron chi connectivity index (χ4n) is 2.61. The molecule has 0 fully saturated rings. The molecule has 98 valence electrons. The summed E-state index contributed by atoms with van der Waals surface area (Å²) in [5, 5.41) is 0. The molecule has 1 aromatic rings.